The lowest BCUT2D eigenvalue weighted by Crippen LogP contribution is -2.34. The highest BCUT2D eigenvalue weighted by Crippen LogP contribution is 2.29. The zero-order valence-corrected chi connectivity index (χ0v) is 12.6. The Morgan fingerprint density at radius 1 is 1.33 bits per heavy atom. The summed E-state index contributed by atoms with van der Waals surface area (Å²) < 4.78 is 25.7. The number of anilines is 2. The fourth-order valence-electron chi connectivity index (χ4n) is 1.58. The largest absolute Gasteiger partial charge is 0.397 e. The molecule has 0 heterocycles. The van der Waals surface area contributed by atoms with Gasteiger partial charge in [0.25, 0.3) is 0 Å². The molecular formula is C12H19ClN2O2S. The number of rotatable bonds is 3. The van der Waals surface area contributed by atoms with Crippen LogP contribution in [0.1, 0.15) is 20.8 Å². The molecule has 2 N–H and O–H groups in total. The average molecular weight is 291 g/mol. The van der Waals surface area contributed by atoms with Gasteiger partial charge in [-0.15, -0.1) is 0 Å². The fourth-order valence-corrected chi connectivity index (χ4v) is 3.50. The van der Waals surface area contributed by atoms with Crippen LogP contribution in [0.25, 0.3) is 0 Å². The van der Waals surface area contributed by atoms with E-state index in [4.69, 9.17) is 17.3 Å². The van der Waals surface area contributed by atoms with E-state index >= 15 is 0 Å². The Balaban J connectivity index is 3.14. The lowest BCUT2D eigenvalue weighted by atomic mass is 10.0. The number of hydrogen-bond acceptors (Lipinski definition) is 3. The van der Waals surface area contributed by atoms with Crippen molar-refractivity contribution in [2.24, 2.45) is 5.41 Å². The van der Waals surface area contributed by atoms with Gasteiger partial charge in [0.15, 0.2) is 0 Å². The molecule has 0 spiro atoms. The highest BCUT2D eigenvalue weighted by molar-refractivity contribution is 7.92. The average Bonchev–Trinajstić information content (AvgIpc) is 2.17. The molecule has 0 aliphatic carbocycles. The first-order chi connectivity index (χ1) is 8.03. The monoisotopic (exact) mass is 290 g/mol. The molecule has 0 bridgehead atoms. The molecule has 4 nitrogen and oxygen atoms in total. The SMILES string of the molecule is CN(c1cc(Cl)ccc1N)S(=O)(=O)CC(C)(C)C. The van der Waals surface area contributed by atoms with E-state index in [0.717, 1.165) is 0 Å². The molecule has 0 saturated heterocycles. The van der Waals surface area contributed by atoms with E-state index in [2.05, 4.69) is 0 Å². The smallest absolute Gasteiger partial charge is 0.235 e. The highest BCUT2D eigenvalue weighted by Gasteiger charge is 2.26. The lowest BCUT2D eigenvalue weighted by Gasteiger charge is -2.26. The minimum atomic E-state index is -3.42. The van der Waals surface area contributed by atoms with Crippen LogP contribution in [0.2, 0.25) is 5.02 Å². The first kappa shape index (κ1) is 15.1. The minimum Gasteiger partial charge on any atom is -0.397 e. The second kappa shape index (κ2) is 4.97. The summed E-state index contributed by atoms with van der Waals surface area (Å²) in [5, 5.41) is 0.456. The van der Waals surface area contributed by atoms with E-state index in [1.165, 1.54) is 11.4 Å². The maximum atomic E-state index is 12.2. The van der Waals surface area contributed by atoms with Gasteiger partial charge in [-0.1, -0.05) is 32.4 Å². The number of nitrogen functional groups attached to an aromatic ring is 1. The van der Waals surface area contributed by atoms with Crippen LogP contribution in [0.5, 0.6) is 0 Å². The predicted octanol–water partition coefficient (Wildman–Crippen LogP) is 2.73. The molecular weight excluding hydrogens is 272 g/mol. The maximum Gasteiger partial charge on any atom is 0.235 e. The van der Waals surface area contributed by atoms with Crippen molar-refractivity contribution in [2.75, 3.05) is 22.8 Å². The van der Waals surface area contributed by atoms with Crippen LogP contribution < -0.4 is 10.0 Å². The van der Waals surface area contributed by atoms with E-state index in [-0.39, 0.29) is 11.2 Å². The van der Waals surface area contributed by atoms with Gasteiger partial charge in [-0.2, -0.15) is 0 Å². The lowest BCUT2D eigenvalue weighted by molar-refractivity contribution is 0.461. The zero-order valence-electron chi connectivity index (χ0n) is 11.1. The Kier molecular flexibility index (Phi) is 4.18. The van der Waals surface area contributed by atoms with Crippen molar-refractivity contribution < 1.29 is 8.42 Å². The summed E-state index contributed by atoms with van der Waals surface area (Å²) in [6.45, 7) is 5.62. The topological polar surface area (TPSA) is 63.4 Å². The zero-order chi connectivity index (χ0) is 14.1. The van der Waals surface area contributed by atoms with Crippen molar-refractivity contribution in [3.63, 3.8) is 0 Å². The first-order valence-electron chi connectivity index (χ1n) is 5.54. The van der Waals surface area contributed by atoms with E-state index in [1.54, 1.807) is 18.2 Å². The fraction of sp³-hybridized carbons (Fsp3) is 0.500. The molecule has 0 unspecified atom stereocenters. The third-order valence-electron chi connectivity index (χ3n) is 2.36. The number of sulfonamides is 1. The van der Waals surface area contributed by atoms with Gasteiger partial charge in [-0.3, -0.25) is 4.31 Å². The Morgan fingerprint density at radius 3 is 2.39 bits per heavy atom. The van der Waals surface area contributed by atoms with Gasteiger partial charge in [0, 0.05) is 12.1 Å². The number of halogens is 1. The third kappa shape index (κ3) is 3.78. The van der Waals surface area contributed by atoms with Crippen molar-refractivity contribution in [2.45, 2.75) is 20.8 Å². The summed E-state index contributed by atoms with van der Waals surface area (Å²) >= 11 is 5.87. The normalized spacial score (nSPS) is 12.5. The molecule has 1 aromatic carbocycles. The number of nitrogens with two attached hydrogens (primary N) is 1. The Hall–Kier alpha value is -0.940. The van der Waals surface area contributed by atoms with Crippen LogP contribution in [0, 0.1) is 5.41 Å². The molecule has 0 atom stereocenters. The summed E-state index contributed by atoms with van der Waals surface area (Å²) in [4.78, 5) is 0. The molecule has 102 valence electrons. The summed E-state index contributed by atoms with van der Waals surface area (Å²) in [7, 11) is -1.93. The Morgan fingerprint density at radius 2 is 1.89 bits per heavy atom. The van der Waals surface area contributed by atoms with Gasteiger partial charge in [0.05, 0.1) is 17.1 Å². The number of nitrogens with zero attached hydrogens (tertiary/aromatic N) is 1. The Bertz CT molecular complexity index is 535. The molecule has 0 fully saturated rings. The molecule has 0 amide bonds. The van der Waals surface area contributed by atoms with Gasteiger partial charge < -0.3 is 5.73 Å². The van der Waals surface area contributed by atoms with E-state index < -0.39 is 10.0 Å². The first-order valence-corrected chi connectivity index (χ1v) is 7.53. The van der Waals surface area contributed by atoms with Gasteiger partial charge in [0.2, 0.25) is 10.0 Å². The van der Waals surface area contributed by atoms with E-state index in [0.29, 0.717) is 16.4 Å². The van der Waals surface area contributed by atoms with E-state index in [1.807, 2.05) is 20.8 Å². The van der Waals surface area contributed by atoms with Crippen molar-refractivity contribution in [1.82, 2.24) is 0 Å². The maximum absolute atomic E-state index is 12.2. The van der Waals surface area contributed by atoms with Crippen molar-refractivity contribution in [3.05, 3.63) is 23.2 Å². The predicted molar refractivity (Wildman–Crippen MR) is 77.5 cm³/mol. The standard InChI is InChI=1S/C12H19ClN2O2S/c1-12(2,3)8-18(16,17)15(4)11-7-9(13)5-6-10(11)14/h5-7H,8,14H2,1-4H3. The molecule has 1 aromatic rings. The van der Waals surface area contributed by atoms with Crippen LogP contribution >= 0.6 is 11.6 Å². The molecule has 1 rings (SSSR count). The van der Waals surface area contributed by atoms with Gasteiger partial charge in [-0.05, 0) is 23.6 Å². The second-order valence-corrected chi connectivity index (χ2v) is 7.92. The quantitative estimate of drug-likeness (QED) is 0.871. The van der Waals surface area contributed by atoms with Crippen LogP contribution in [0.4, 0.5) is 11.4 Å². The number of hydrogen-bond donors (Lipinski definition) is 1. The van der Waals surface area contributed by atoms with Crippen LogP contribution in [-0.4, -0.2) is 21.2 Å². The molecule has 0 radical (unpaired) electrons. The third-order valence-corrected chi connectivity index (χ3v) is 4.86. The van der Waals surface area contributed by atoms with E-state index in [9.17, 15) is 8.42 Å². The molecule has 0 saturated carbocycles. The summed E-state index contributed by atoms with van der Waals surface area (Å²) in [6, 6.07) is 4.78. The minimum absolute atomic E-state index is 0.0441. The molecule has 0 aliphatic heterocycles. The van der Waals surface area contributed by atoms with Crippen molar-refractivity contribution >= 4 is 33.0 Å². The molecule has 18 heavy (non-hydrogen) atoms. The van der Waals surface area contributed by atoms with Gasteiger partial charge in [-0.25, -0.2) is 8.42 Å². The molecule has 0 aromatic heterocycles. The summed E-state index contributed by atoms with van der Waals surface area (Å²) in [5.41, 5.74) is 6.26. The van der Waals surface area contributed by atoms with Crippen LogP contribution in [-0.2, 0) is 10.0 Å². The van der Waals surface area contributed by atoms with Gasteiger partial charge >= 0.3 is 0 Å². The molecule has 6 heteroatoms. The number of benzene rings is 1. The highest BCUT2D eigenvalue weighted by atomic mass is 35.5. The molecule has 0 aliphatic rings. The summed E-state index contributed by atoms with van der Waals surface area (Å²) in [6.07, 6.45) is 0. The van der Waals surface area contributed by atoms with Crippen molar-refractivity contribution in [1.29, 1.82) is 0 Å². The summed E-state index contributed by atoms with van der Waals surface area (Å²) in [5.74, 6) is 0.0441. The van der Waals surface area contributed by atoms with Gasteiger partial charge in [0.1, 0.15) is 0 Å². The van der Waals surface area contributed by atoms with Crippen LogP contribution in [0.15, 0.2) is 18.2 Å². The van der Waals surface area contributed by atoms with Crippen molar-refractivity contribution in [3.8, 4) is 0 Å². The second-order valence-electron chi connectivity index (χ2n) is 5.49. The van der Waals surface area contributed by atoms with Crippen LogP contribution in [0.3, 0.4) is 0 Å². The Labute approximate surface area is 114 Å².